The van der Waals surface area contributed by atoms with E-state index in [2.05, 4.69) is 0 Å². The van der Waals surface area contributed by atoms with Crippen LogP contribution in [0.4, 0.5) is 0 Å². The van der Waals surface area contributed by atoms with Crippen LogP contribution in [0.25, 0.3) is 0 Å². The van der Waals surface area contributed by atoms with Crippen LogP contribution in [0.3, 0.4) is 0 Å². The Morgan fingerprint density at radius 2 is 1.43 bits per heavy atom. The Morgan fingerprint density at radius 1 is 1.07 bits per heavy atom. The summed E-state index contributed by atoms with van der Waals surface area (Å²) in [5.41, 5.74) is 2.16. The molecule has 0 aliphatic carbocycles. The Kier molecular flexibility index (Phi) is 4.55. The molecule has 5 heteroatoms. The molecule has 1 N–H and O–H groups in total. The largest absolute Gasteiger partial charge is 0.295 e. The van der Waals surface area contributed by atoms with Crippen LogP contribution in [0, 0.1) is 20.8 Å². The summed E-state index contributed by atoms with van der Waals surface area (Å²) < 4.78 is 30.8. The third-order valence-electron chi connectivity index (χ3n) is 1.86. The molecule has 0 bridgehead atoms. The van der Waals surface area contributed by atoms with Gasteiger partial charge in [-0.3, -0.25) is 4.55 Å². The SMILES string of the molecule is Cc1cc(C)c(S(=O)(=O)O)c(C)c1.[Ag]. The number of hydrogen-bond donors (Lipinski definition) is 1. The molecule has 0 saturated heterocycles. The van der Waals surface area contributed by atoms with Crippen molar-refractivity contribution >= 4 is 10.1 Å². The molecular formula is C9H12AgO3S. The second-order valence-electron chi connectivity index (χ2n) is 3.20. The Hall–Kier alpha value is -0.130. The minimum Gasteiger partial charge on any atom is -0.282 e. The normalized spacial score (nSPS) is 10.9. The van der Waals surface area contributed by atoms with Crippen molar-refractivity contribution in [3.8, 4) is 0 Å². The predicted octanol–water partition coefficient (Wildman–Crippen LogP) is 1.86. The van der Waals surface area contributed by atoms with Gasteiger partial charge in [-0.1, -0.05) is 17.7 Å². The molecule has 0 aromatic heterocycles. The molecule has 0 spiro atoms. The smallest absolute Gasteiger partial charge is 0.282 e. The van der Waals surface area contributed by atoms with E-state index in [0.29, 0.717) is 11.1 Å². The molecule has 0 heterocycles. The van der Waals surface area contributed by atoms with Crippen LogP contribution in [0.15, 0.2) is 17.0 Å². The van der Waals surface area contributed by atoms with Crippen molar-refractivity contribution in [3.63, 3.8) is 0 Å². The summed E-state index contributed by atoms with van der Waals surface area (Å²) in [5, 5.41) is 0. The van der Waals surface area contributed by atoms with Crippen molar-refractivity contribution in [2.75, 3.05) is 0 Å². The molecule has 1 rings (SSSR count). The molecule has 0 amide bonds. The van der Waals surface area contributed by atoms with Crippen molar-refractivity contribution in [2.24, 2.45) is 0 Å². The first-order valence-corrected chi connectivity index (χ1v) is 5.31. The van der Waals surface area contributed by atoms with Gasteiger partial charge in [0.2, 0.25) is 0 Å². The van der Waals surface area contributed by atoms with E-state index in [-0.39, 0.29) is 27.3 Å². The minimum atomic E-state index is -4.08. The van der Waals surface area contributed by atoms with Crippen LogP contribution in [0.2, 0.25) is 0 Å². The molecule has 0 atom stereocenters. The van der Waals surface area contributed by atoms with E-state index in [1.807, 2.05) is 6.92 Å². The van der Waals surface area contributed by atoms with Crippen LogP contribution >= 0.6 is 0 Å². The standard InChI is InChI=1S/C9H12O3S.Ag/c1-6-4-7(2)9(8(3)5-6)13(10,11)12;/h4-5H,1-3H3,(H,10,11,12);. The van der Waals surface area contributed by atoms with E-state index in [9.17, 15) is 8.42 Å². The summed E-state index contributed by atoms with van der Waals surface area (Å²) >= 11 is 0. The maximum absolute atomic E-state index is 10.9. The number of rotatable bonds is 1. The van der Waals surface area contributed by atoms with Gasteiger partial charge in [-0.25, -0.2) is 0 Å². The van der Waals surface area contributed by atoms with Gasteiger partial charge < -0.3 is 0 Å². The van der Waals surface area contributed by atoms with E-state index < -0.39 is 10.1 Å². The summed E-state index contributed by atoms with van der Waals surface area (Å²) in [4.78, 5) is 0.0260. The maximum Gasteiger partial charge on any atom is 0.295 e. The van der Waals surface area contributed by atoms with Crippen molar-refractivity contribution in [1.82, 2.24) is 0 Å². The van der Waals surface area contributed by atoms with Crippen molar-refractivity contribution in [2.45, 2.75) is 25.7 Å². The average Bonchev–Trinajstić information content (AvgIpc) is 1.78. The third kappa shape index (κ3) is 2.93. The Labute approximate surface area is 99.8 Å². The van der Waals surface area contributed by atoms with Crippen molar-refractivity contribution in [3.05, 3.63) is 28.8 Å². The van der Waals surface area contributed by atoms with Crippen molar-refractivity contribution in [1.29, 1.82) is 0 Å². The van der Waals surface area contributed by atoms with Gasteiger partial charge in [-0.15, -0.1) is 0 Å². The summed E-state index contributed by atoms with van der Waals surface area (Å²) in [6.07, 6.45) is 0. The van der Waals surface area contributed by atoms with Gasteiger partial charge in [0.15, 0.2) is 0 Å². The molecule has 0 aliphatic rings. The first kappa shape index (κ1) is 13.9. The van der Waals surface area contributed by atoms with Gasteiger partial charge in [0.05, 0.1) is 4.90 Å². The van der Waals surface area contributed by atoms with E-state index >= 15 is 0 Å². The molecule has 0 saturated carbocycles. The second kappa shape index (κ2) is 4.59. The molecule has 1 radical (unpaired) electrons. The van der Waals surface area contributed by atoms with Gasteiger partial charge in [-0.2, -0.15) is 8.42 Å². The molecule has 0 unspecified atom stereocenters. The fraction of sp³-hybridized carbons (Fsp3) is 0.333. The molecule has 0 fully saturated rings. The van der Waals surface area contributed by atoms with Gasteiger partial charge in [0, 0.05) is 22.4 Å². The molecule has 1 aromatic carbocycles. The summed E-state index contributed by atoms with van der Waals surface area (Å²) in [7, 11) is -4.08. The molecular weight excluding hydrogens is 296 g/mol. The Morgan fingerprint density at radius 3 is 1.71 bits per heavy atom. The van der Waals surface area contributed by atoms with Crippen LogP contribution in [-0.4, -0.2) is 13.0 Å². The first-order chi connectivity index (χ1) is 5.82. The van der Waals surface area contributed by atoms with Crippen molar-refractivity contribution < 1.29 is 35.4 Å². The summed E-state index contributed by atoms with van der Waals surface area (Å²) in [6, 6.07) is 3.46. The van der Waals surface area contributed by atoms with Crippen LogP contribution in [0.5, 0.6) is 0 Å². The third-order valence-corrected chi connectivity index (χ3v) is 3.02. The second-order valence-corrected chi connectivity index (χ2v) is 4.56. The van der Waals surface area contributed by atoms with Crippen LogP contribution in [-0.2, 0) is 32.5 Å². The van der Waals surface area contributed by atoms with E-state index in [0.717, 1.165) is 5.56 Å². The van der Waals surface area contributed by atoms with E-state index in [1.54, 1.807) is 26.0 Å². The number of benzene rings is 1. The average molecular weight is 308 g/mol. The summed E-state index contributed by atoms with van der Waals surface area (Å²) in [6.45, 7) is 5.22. The van der Waals surface area contributed by atoms with Gasteiger partial charge >= 0.3 is 0 Å². The van der Waals surface area contributed by atoms with Crippen LogP contribution in [0.1, 0.15) is 16.7 Å². The Bertz CT molecular complexity index is 414. The fourth-order valence-electron chi connectivity index (χ4n) is 1.57. The molecule has 3 nitrogen and oxygen atoms in total. The maximum atomic E-state index is 10.9. The van der Waals surface area contributed by atoms with Gasteiger partial charge in [0.25, 0.3) is 10.1 Å². The molecule has 83 valence electrons. The zero-order valence-electron chi connectivity index (χ0n) is 8.13. The summed E-state index contributed by atoms with van der Waals surface area (Å²) in [5.74, 6) is 0. The molecule has 14 heavy (non-hydrogen) atoms. The zero-order valence-corrected chi connectivity index (χ0v) is 10.4. The quantitative estimate of drug-likeness (QED) is 0.636. The monoisotopic (exact) mass is 307 g/mol. The van der Waals surface area contributed by atoms with Gasteiger partial charge in [0.1, 0.15) is 0 Å². The van der Waals surface area contributed by atoms with Crippen LogP contribution < -0.4 is 0 Å². The van der Waals surface area contributed by atoms with E-state index in [1.165, 1.54) is 0 Å². The zero-order chi connectivity index (χ0) is 10.2. The van der Waals surface area contributed by atoms with Gasteiger partial charge in [-0.05, 0) is 31.9 Å². The predicted molar refractivity (Wildman–Crippen MR) is 50.5 cm³/mol. The topological polar surface area (TPSA) is 54.4 Å². The minimum absolute atomic E-state index is 0. The number of hydrogen-bond acceptors (Lipinski definition) is 2. The fourth-order valence-corrected chi connectivity index (χ4v) is 2.51. The van der Waals surface area contributed by atoms with E-state index in [4.69, 9.17) is 4.55 Å². The molecule has 0 aliphatic heterocycles. The number of aryl methyl sites for hydroxylation is 3. The molecule has 1 aromatic rings. The Balaban J connectivity index is 0.00000169. The first-order valence-electron chi connectivity index (χ1n) is 3.87.